The van der Waals surface area contributed by atoms with Crippen molar-refractivity contribution in [3.8, 4) is 0 Å². The lowest BCUT2D eigenvalue weighted by atomic mass is 10.3. The third-order valence-corrected chi connectivity index (χ3v) is 2.62. The van der Waals surface area contributed by atoms with Crippen molar-refractivity contribution < 1.29 is 9.47 Å². The molecule has 0 aliphatic heterocycles. The van der Waals surface area contributed by atoms with Crippen LogP contribution in [0.2, 0.25) is 0 Å². The highest BCUT2D eigenvalue weighted by molar-refractivity contribution is 7.80. The van der Waals surface area contributed by atoms with Gasteiger partial charge in [0.1, 0.15) is 5.82 Å². The van der Waals surface area contributed by atoms with E-state index in [1.807, 2.05) is 32.9 Å². The molecule has 5 nitrogen and oxygen atoms in total. The topological polar surface area (TPSA) is 55.4 Å². The number of aryl methyl sites for hydroxylation is 1. The Balaban J connectivity index is 2.40. The fourth-order valence-electron chi connectivity index (χ4n) is 1.48. The third-order valence-electron chi connectivity index (χ3n) is 2.38. The summed E-state index contributed by atoms with van der Waals surface area (Å²) in [5.74, 6) is 0.754. The predicted molar refractivity (Wildman–Crippen MR) is 80.2 cm³/mol. The number of aromatic nitrogens is 1. The zero-order chi connectivity index (χ0) is 14.1. The molecule has 1 aromatic heterocycles. The van der Waals surface area contributed by atoms with Crippen LogP contribution in [0.1, 0.15) is 19.4 Å². The Bertz CT molecular complexity index is 395. The van der Waals surface area contributed by atoms with E-state index in [1.165, 1.54) is 0 Å². The van der Waals surface area contributed by atoms with E-state index < -0.39 is 0 Å². The molecule has 0 unspecified atom stereocenters. The van der Waals surface area contributed by atoms with E-state index in [2.05, 4.69) is 15.6 Å². The first-order valence-electron chi connectivity index (χ1n) is 6.37. The van der Waals surface area contributed by atoms with E-state index in [4.69, 9.17) is 21.7 Å². The van der Waals surface area contributed by atoms with Crippen LogP contribution in [-0.4, -0.2) is 36.1 Å². The summed E-state index contributed by atoms with van der Waals surface area (Å²) in [6.07, 6.45) is 1.43. The van der Waals surface area contributed by atoms with E-state index in [0.717, 1.165) is 11.4 Å². The standard InChI is InChI=1S/C13H21N3O2S/c1-4-17-11(18-5-2)9-15-13(19)16-12-10(3)7-6-8-14-12/h6-8,11H,4-5,9H2,1-3H3,(H2,14,15,16,19). The molecule has 0 aliphatic carbocycles. The van der Waals surface area contributed by atoms with Crippen molar-refractivity contribution in [2.24, 2.45) is 0 Å². The molecule has 0 saturated heterocycles. The molecule has 0 amide bonds. The van der Waals surface area contributed by atoms with Crippen molar-refractivity contribution in [2.45, 2.75) is 27.1 Å². The Kier molecular flexibility index (Phi) is 7.32. The first-order valence-corrected chi connectivity index (χ1v) is 6.77. The molecule has 0 bridgehead atoms. The molecule has 0 spiro atoms. The maximum atomic E-state index is 5.42. The fraction of sp³-hybridized carbons (Fsp3) is 0.538. The molecule has 19 heavy (non-hydrogen) atoms. The van der Waals surface area contributed by atoms with Crippen LogP contribution in [0, 0.1) is 6.92 Å². The molecule has 1 aromatic rings. The molecular weight excluding hydrogens is 262 g/mol. The van der Waals surface area contributed by atoms with Gasteiger partial charge in [0.2, 0.25) is 0 Å². The highest BCUT2D eigenvalue weighted by Gasteiger charge is 2.09. The number of anilines is 1. The van der Waals surface area contributed by atoms with Gasteiger partial charge < -0.3 is 20.1 Å². The van der Waals surface area contributed by atoms with Gasteiger partial charge in [0, 0.05) is 19.4 Å². The smallest absolute Gasteiger partial charge is 0.174 e. The summed E-state index contributed by atoms with van der Waals surface area (Å²) in [6, 6.07) is 3.86. The van der Waals surface area contributed by atoms with Gasteiger partial charge >= 0.3 is 0 Å². The molecule has 1 heterocycles. The number of nitrogens with zero attached hydrogens (tertiary/aromatic N) is 1. The van der Waals surface area contributed by atoms with Crippen molar-refractivity contribution in [3.05, 3.63) is 23.9 Å². The average molecular weight is 283 g/mol. The maximum Gasteiger partial charge on any atom is 0.174 e. The summed E-state index contributed by atoms with van der Waals surface area (Å²) in [5, 5.41) is 6.61. The lowest BCUT2D eigenvalue weighted by Gasteiger charge is -2.18. The molecule has 0 aromatic carbocycles. The minimum absolute atomic E-state index is 0.292. The fourth-order valence-corrected chi connectivity index (χ4v) is 1.66. The molecule has 0 aliphatic rings. The van der Waals surface area contributed by atoms with Gasteiger partial charge in [-0.15, -0.1) is 0 Å². The van der Waals surface area contributed by atoms with Crippen molar-refractivity contribution in [2.75, 3.05) is 25.1 Å². The Morgan fingerprint density at radius 3 is 2.63 bits per heavy atom. The molecule has 2 N–H and O–H groups in total. The van der Waals surface area contributed by atoms with Crippen LogP contribution >= 0.6 is 12.2 Å². The van der Waals surface area contributed by atoms with Crippen LogP contribution in [0.15, 0.2) is 18.3 Å². The second-order valence-electron chi connectivity index (χ2n) is 3.84. The van der Waals surface area contributed by atoms with Crippen LogP contribution in [0.3, 0.4) is 0 Å². The summed E-state index contributed by atoms with van der Waals surface area (Å²) in [4.78, 5) is 4.22. The normalized spacial score (nSPS) is 10.5. The van der Waals surface area contributed by atoms with Crippen molar-refractivity contribution in [3.63, 3.8) is 0 Å². The molecule has 0 radical (unpaired) electrons. The van der Waals surface area contributed by atoms with Gasteiger partial charge in [-0.3, -0.25) is 0 Å². The summed E-state index contributed by atoms with van der Waals surface area (Å²) in [5.41, 5.74) is 1.04. The number of thiocarbonyl (C=S) groups is 1. The van der Waals surface area contributed by atoms with E-state index in [-0.39, 0.29) is 6.29 Å². The number of hydrogen-bond acceptors (Lipinski definition) is 4. The molecule has 6 heteroatoms. The third kappa shape index (κ3) is 5.96. The molecule has 0 atom stereocenters. The first-order chi connectivity index (χ1) is 9.17. The van der Waals surface area contributed by atoms with E-state index in [1.54, 1.807) is 6.20 Å². The van der Waals surface area contributed by atoms with Gasteiger partial charge in [0.05, 0.1) is 6.54 Å². The van der Waals surface area contributed by atoms with E-state index in [9.17, 15) is 0 Å². The molecule has 0 saturated carbocycles. The lowest BCUT2D eigenvalue weighted by Crippen LogP contribution is -2.37. The number of nitrogens with one attached hydrogen (secondary N) is 2. The zero-order valence-electron chi connectivity index (χ0n) is 11.6. The lowest BCUT2D eigenvalue weighted by molar-refractivity contribution is -0.130. The Hall–Kier alpha value is -1.24. The van der Waals surface area contributed by atoms with Crippen LogP contribution in [0.25, 0.3) is 0 Å². The van der Waals surface area contributed by atoms with Crippen LogP contribution < -0.4 is 10.6 Å². The Morgan fingerprint density at radius 2 is 2.05 bits per heavy atom. The summed E-state index contributed by atoms with van der Waals surface area (Å²) >= 11 is 5.21. The zero-order valence-corrected chi connectivity index (χ0v) is 12.4. The van der Waals surface area contributed by atoms with Crippen LogP contribution in [0.5, 0.6) is 0 Å². The van der Waals surface area contributed by atoms with Crippen molar-refractivity contribution in [1.29, 1.82) is 0 Å². The number of ether oxygens (including phenoxy) is 2. The molecule has 106 valence electrons. The van der Waals surface area contributed by atoms with Gasteiger partial charge in [0.25, 0.3) is 0 Å². The van der Waals surface area contributed by atoms with Crippen molar-refractivity contribution >= 4 is 23.1 Å². The Labute approximate surface area is 119 Å². The maximum absolute atomic E-state index is 5.42. The van der Waals surface area contributed by atoms with Crippen molar-refractivity contribution in [1.82, 2.24) is 10.3 Å². The van der Waals surface area contributed by atoms with Gasteiger partial charge in [0.15, 0.2) is 11.4 Å². The molecule has 1 rings (SSSR count). The number of rotatable bonds is 7. The average Bonchev–Trinajstić information content (AvgIpc) is 2.39. The van der Waals surface area contributed by atoms with Gasteiger partial charge in [-0.2, -0.15) is 0 Å². The van der Waals surface area contributed by atoms with Gasteiger partial charge in [-0.05, 0) is 44.6 Å². The van der Waals surface area contributed by atoms with Gasteiger partial charge in [-0.1, -0.05) is 6.07 Å². The minimum atomic E-state index is -0.292. The Morgan fingerprint density at radius 1 is 1.37 bits per heavy atom. The highest BCUT2D eigenvalue weighted by Crippen LogP contribution is 2.08. The second-order valence-corrected chi connectivity index (χ2v) is 4.25. The molecular formula is C13H21N3O2S. The molecule has 0 fully saturated rings. The highest BCUT2D eigenvalue weighted by atomic mass is 32.1. The summed E-state index contributed by atoms with van der Waals surface area (Å²) in [7, 11) is 0. The minimum Gasteiger partial charge on any atom is -0.357 e. The summed E-state index contributed by atoms with van der Waals surface area (Å²) in [6.45, 7) is 7.54. The number of pyridine rings is 1. The SMILES string of the molecule is CCOC(CNC(=S)Nc1ncccc1C)OCC. The predicted octanol–water partition coefficient (Wildman–Crippen LogP) is 2.08. The second kappa shape index (κ2) is 8.79. The quantitative estimate of drug-likeness (QED) is 0.590. The monoisotopic (exact) mass is 283 g/mol. The van der Waals surface area contributed by atoms with Gasteiger partial charge in [-0.25, -0.2) is 4.98 Å². The van der Waals surface area contributed by atoms with Crippen LogP contribution in [0.4, 0.5) is 5.82 Å². The van der Waals surface area contributed by atoms with E-state index in [0.29, 0.717) is 24.9 Å². The van der Waals surface area contributed by atoms with Crippen LogP contribution in [-0.2, 0) is 9.47 Å². The summed E-state index contributed by atoms with van der Waals surface area (Å²) < 4.78 is 10.8. The van der Waals surface area contributed by atoms with E-state index >= 15 is 0 Å². The first kappa shape index (κ1) is 15.8. The number of hydrogen-bond donors (Lipinski definition) is 2. The largest absolute Gasteiger partial charge is 0.357 e.